The van der Waals surface area contributed by atoms with E-state index in [1.165, 1.54) is 0 Å². The van der Waals surface area contributed by atoms with E-state index in [-0.39, 0.29) is 5.91 Å². The number of hydrogen-bond acceptors (Lipinski definition) is 7. The molecule has 4 heterocycles. The maximum atomic E-state index is 12.5. The fourth-order valence-corrected chi connectivity index (χ4v) is 4.55. The molecule has 3 aliphatic heterocycles. The predicted molar refractivity (Wildman–Crippen MR) is 136 cm³/mol. The third kappa shape index (κ3) is 5.73. The summed E-state index contributed by atoms with van der Waals surface area (Å²) in [5.41, 5.74) is 5.06. The van der Waals surface area contributed by atoms with Crippen molar-refractivity contribution in [3.63, 3.8) is 0 Å². The minimum atomic E-state index is -0.145. The van der Waals surface area contributed by atoms with Crippen LogP contribution in [0.1, 0.15) is 28.8 Å². The van der Waals surface area contributed by atoms with Gasteiger partial charge in [-0.2, -0.15) is 0 Å². The van der Waals surface area contributed by atoms with Crippen molar-refractivity contribution in [2.24, 2.45) is 0 Å². The fraction of sp³-hybridized carbons (Fsp3) is 0.346. The summed E-state index contributed by atoms with van der Waals surface area (Å²) in [5, 5.41) is 6.74. The topological polar surface area (TPSA) is 88.6 Å². The average molecular weight is 494 g/mol. The summed E-state index contributed by atoms with van der Waals surface area (Å²) in [5.74, 6) is 0.317. The Kier molecular flexibility index (Phi) is 7.42. The van der Waals surface area contributed by atoms with Gasteiger partial charge >= 0.3 is 0 Å². The minimum absolute atomic E-state index is 0.145. The highest BCUT2D eigenvalue weighted by Gasteiger charge is 2.17. The highest BCUT2D eigenvalue weighted by Crippen LogP contribution is 2.30. The molecule has 182 valence electrons. The summed E-state index contributed by atoms with van der Waals surface area (Å²) in [6.45, 7) is 4.83. The van der Waals surface area contributed by atoms with E-state index in [0.717, 1.165) is 61.6 Å². The standard InChI is InChI=1S/C26H28ClN5O3/c27-22-16-18-3-5-21(22)23-7-9-29-26(31-23)30-20-4-6-24(32-10-13-34-14-11-32)19(15-20)17-35-12-2-1-8-28-25(18)33/h3-7,9,15-16H,1-2,8,10-14,17H2,(H,28,33)(H,29,30,31). The van der Waals surface area contributed by atoms with Crippen molar-refractivity contribution >= 4 is 34.8 Å². The third-order valence-electron chi connectivity index (χ3n) is 6.11. The molecule has 0 aliphatic carbocycles. The van der Waals surface area contributed by atoms with Crippen molar-refractivity contribution in [3.8, 4) is 11.3 Å². The van der Waals surface area contributed by atoms with Crippen molar-refractivity contribution in [2.75, 3.05) is 49.7 Å². The van der Waals surface area contributed by atoms with Gasteiger partial charge in [0.2, 0.25) is 5.95 Å². The lowest BCUT2D eigenvalue weighted by Gasteiger charge is -2.31. The summed E-state index contributed by atoms with van der Waals surface area (Å²) in [6.07, 6.45) is 3.37. The van der Waals surface area contributed by atoms with Gasteiger partial charge in [0.25, 0.3) is 5.91 Å². The number of carbonyl (C=O) groups is 1. The van der Waals surface area contributed by atoms with Gasteiger partial charge in [-0.15, -0.1) is 0 Å². The van der Waals surface area contributed by atoms with Crippen molar-refractivity contribution in [3.05, 3.63) is 64.8 Å². The van der Waals surface area contributed by atoms with E-state index in [1.54, 1.807) is 24.4 Å². The highest BCUT2D eigenvalue weighted by molar-refractivity contribution is 6.33. The molecule has 1 amide bonds. The van der Waals surface area contributed by atoms with Gasteiger partial charge in [-0.3, -0.25) is 4.79 Å². The van der Waals surface area contributed by atoms with E-state index in [0.29, 0.717) is 42.0 Å². The summed E-state index contributed by atoms with van der Waals surface area (Å²) in [4.78, 5) is 23.9. The molecule has 8 nitrogen and oxygen atoms in total. The maximum Gasteiger partial charge on any atom is 0.251 e. The fourth-order valence-electron chi connectivity index (χ4n) is 4.27. The number of anilines is 3. The zero-order valence-electron chi connectivity index (χ0n) is 19.4. The van der Waals surface area contributed by atoms with E-state index >= 15 is 0 Å². The smallest absolute Gasteiger partial charge is 0.251 e. The lowest BCUT2D eigenvalue weighted by molar-refractivity contribution is 0.0946. The first kappa shape index (κ1) is 23.5. The Balaban J connectivity index is 1.47. The van der Waals surface area contributed by atoms with Crippen LogP contribution in [-0.2, 0) is 16.1 Å². The van der Waals surface area contributed by atoms with Crippen LogP contribution in [0.5, 0.6) is 0 Å². The van der Waals surface area contributed by atoms with Gasteiger partial charge in [0.05, 0.1) is 30.5 Å². The number of nitrogens with one attached hydrogen (secondary N) is 2. The summed E-state index contributed by atoms with van der Waals surface area (Å²) >= 11 is 6.53. The molecule has 0 spiro atoms. The van der Waals surface area contributed by atoms with Gasteiger partial charge in [0.15, 0.2) is 0 Å². The van der Waals surface area contributed by atoms with Crippen molar-refractivity contribution in [2.45, 2.75) is 19.4 Å². The van der Waals surface area contributed by atoms with E-state index in [2.05, 4.69) is 37.6 Å². The highest BCUT2D eigenvalue weighted by atomic mass is 35.5. The largest absolute Gasteiger partial charge is 0.378 e. The van der Waals surface area contributed by atoms with Gasteiger partial charge in [-0.25, -0.2) is 9.97 Å². The summed E-state index contributed by atoms with van der Waals surface area (Å²) < 4.78 is 11.6. The number of benzene rings is 2. The van der Waals surface area contributed by atoms with Crippen LogP contribution >= 0.6 is 11.6 Å². The minimum Gasteiger partial charge on any atom is -0.378 e. The van der Waals surface area contributed by atoms with E-state index in [1.807, 2.05) is 12.1 Å². The second-order valence-corrected chi connectivity index (χ2v) is 8.95. The van der Waals surface area contributed by atoms with E-state index in [4.69, 9.17) is 21.1 Å². The molecule has 35 heavy (non-hydrogen) atoms. The van der Waals surface area contributed by atoms with Crippen molar-refractivity contribution in [1.82, 2.24) is 15.3 Å². The number of fused-ring (bicyclic) bond motifs is 9. The molecule has 1 aromatic heterocycles. The molecular weight excluding hydrogens is 466 g/mol. The number of carbonyl (C=O) groups excluding carboxylic acids is 1. The average Bonchev–Trinajstić information content (AvgIpc) is 2.88. The molecule has 0 unspecified atom stereocenters. The SMILES string of the molecule is O=C1NCCCCOCc2cc(ccc2N2CCOCC2)Nc2nccc(n2)-c2ccc1cc2Cl. The zero-order chi connectivity index (χ0) is 24.0. The number of amides is 1. The second kappa shape index (κ2) is 11.0. The number of nitrogens with zero attached hydrogens (tertiary/aromatic N) is 3. The number of ether oxygens (including phenoxy) is 2. The Labute approximate surface area is 209 Å². The van der Waals surface area contributed by atoms with Crippen molar-refractivity contribution in [1.29, 1.82) is 0 Å². The lowest BCUT2D eigenvalue weighted by Crippen LogP contribution is -2.36. The molecule has 2 aromatic carbocycles. The molecule has 3 aliphatic rings. The molecule has 3 aromatic rings. The van der Waals surface area contributed by atoms with Gasteiger partial charge in [0, 0.05) is 60.5 Å². The molecule has 0 radical (unpaired) electrons. The van der Waals surface area contributed by atoms with Crippen LogP contribution in [0.3, 0.4) is 0 Å². The molecule has 6 rings (SSSR count). The molecule has 1 saturated heterocycles. The lowest BCUT2D eigenvalue weighted by atomic mass is 10.1. The Morgan fingerprint density at radius 2 is 1.86 bits per heavy atom. The quantitative estimate of drug-likeness (QED) is 0.518. The Morgan fingerprint density at radius 1 is 0.971 bits per heavy atom. The number of hydrogen-bond donors (Lipinski definition) is 2. The molecule has 0 saturated carbocycles. The predicted octanol–water partition coefficient (Wildman–Crippen LogP) is 4.42. The van der Waals surface area contributed by atoms with Crippen LogP contribution in [0.25, 0.3) is 11.3 Å². The molecule has 0 atom stereocenters. The van der Waals surface area contributed by atoms with Gasteiger partial charge in [-0.1, -0.05) is 17.7 Å². The van der Waals surface area contributed by atoms with Gasteiger partial charge < -0.3 is 25.0 Å². The second-order valence-electron chi connectivity index (χ2n) is 8.54. The Hall–Kier alpha value is -3.20. The maximum absolute atomic E-state index is 12.5. The van der Waals surface area contributed by atoms with Crippen LogP contribution in [0.15, 0.2) is 48.7 Å². The Bertz CT molecular complexity index is 1200. The number of aromatic nitrogens is 2. The van der Waals surface area contributed by atoms with Crippen LogP contribution in [0.2, 0.25) is 5.02 Å². The molecule has 9 heteroatoms. The van der Waals surface area contributed by atoms with Crippen molar-refractivity contribution < 1.29 is 14.3 Å². The number of morpholine rings is 1. The Morgan fingerprint density at radius 3 is 2.71 bits per heavy atom. The zero-order valence-corrected chi connectivity index (χ0v) is 20.2. The van der Waals surface area contributed by atoms with E-state index < -0.39 is 0 Å². The van der Waals surface area contributed by atoms with Gasteiger partial charge in [-0.05, 0) is 49.2 Å². The summed E-state index contributed by atoms with van der Waals surface area (Å²) in [6, 6.07) is 13.3. The monoisotopic (exact) mass is 493 g/mol. The molecule has 2 N–H and O–H groups in total. The van der Waals surface area contributed by atoms with Crippen LogP contribution < -0.4 is 15.5 Å². The van der Waals surface area contributed by atoms with Crippen LogP contribution in [-0.4, -0.2) is 55.3 Å². The molecular formula is C26H28ClN5O3. The normalized spacial score (nSPS) is 17.1. The van der Waals surface area contributed by atoms with E-state index in [9.17, 15) is 4.79 Å². The van der Waals surface area contributed by atoms with Gasteiger partial charge in [0.1, 0.15) is 0 Å². The summed E-state index contributed by atoms with van der Waals surface area (Å²) in [7, 11) is 0. The first-order chi connectivity index (χ1) is 17.2. The van der Waals surface area contributed by atoms with Crippen LogP contribution in [0, 0.1) is 0 Å². The third-order valence-corrected chi connectivity index (χ3v) is 6.42. The first-order valence-electron chi connectivity index (χ1n) is 11.9. The van der Waals surface area contributed by atoms with Crippen LogP contribution in [0.4, 0.5) is 17.3 Å². The first-order valence-corrected chi connectivity index (χ1v) is 12.3. The molecule has 6 bridgehead atoms. The molecule has 1 fully saturated rings. The number of rotatable bonds is 1. The number of halogens is 1.